The average molecular weight is 549 g/mol. The molecule has 4 unspecified atom stereocenters. The lowest BCUT2D eigenvalue weighted by atomic mass is 10.1. The molecule has 0 aromatic carbocycles. The van der Waals surface area contributed by atoms with Crippen molar-refractivity contribution in [3.63, 3.8) is 0 Å². The van der Waals surface area contributed by atoms with Crippen LogP contribution in [0, 0.1) is 0 Å². The Morgan fingerprint density at radius 2 is 1.38 bits per heavy atom. The van der Waals surface area contributed by atoms with E-state index in [1.807, 2.05) is 0 Å². The third kappa shape index (κ3) is 15.2. The number of primary amides is 1. The van der Waals surface area contributed by atoms with Gasteiger partial charge in [-0.2, -0.15) is 11.8 Å². The Bertz CT molecular complexity index is 852. The predicted molar refractivity (Wildman–Crippen MR) is 135 cm³/mol. The van der Waals surface area contributed by atoms with Gasteiger partial charge in [-0.05, 0) is 37.7 Å². The van der Waals surface area contributed by atoms with Gasteiger partial charge in [0.1, 0.15) is 18.1 Å². The second-order valence-corrected chi connectivity index (χ2v) is 8.95. The molecule has 0 aliphatic heterocycles. The van der Waals surface area contributed by atoms with Crippen molar-refractivity contribution in [2.45, 2.75) is 62.7 Å². The first-order valence-electron chi connectivity index (χ1n) is 11.2. The van der Waals surface area contributed by atoms with Gasteiger partial charge >= 0.3 is 11.9 Å². The van der Waals surface area contributed by atoms with E-state index in [1.54, 1.807) is 6.26 Å². The lowest BCUT2D eigenvalue weighted by molar-refractivity contribution is -0.142. The zero-order chi connectivity index (χ0) is 28.5. The number of carboxylic acid groups (broad SMARTS) is 2. The molecular formula is C20H36N8O8S. The Labute approximate surface area is 217 Å². The molecule has 0 aliphatic rings. The molecule has 210 valence electrons. The van der Waals surface area contributed by atoms with E-state index < -0.39 is 72.6 Å². The molecule has 0 saturated heterocycles. The number of carbonyl (C=O) groups is 6. The summed E-state index contributed by atoms with van der Waals surface area (Å²) >= 11 is 1.37. The maximum Gasteiger partial charge on any atom is 0.326 e. The lowest BCUT2D eigenvalue weighted by Crippen LogP contribution is -2.57. The summed E-state index contributed by atoms with van der Waals surface area (Å²) in [5, 5.41) is 25.5. The van der Waals surface area contributed by atoms with Crippen LogP contribution in [0.4, 0.5) is 0 Å². The number of nitrogens with one attached hydrogen (secondary N) is 3. The molecule has 17 heteroatoms. The van der Waals surface area contributed by atoms with Gasteiger partial charge in [0.2, 0.25) is 23.6 Å². The Hall–Kier alpha value is -3.60. The minimum atomic E-state index is -1.40. The topological polar surface area (TPSA) is 295 Å². The minimum Gasteiger partial charge on any atom is -0.481 e. The molecule has 0 aromatic heterocycles. The van der Waals surface area contributed by atoms with E-state index in [4.69, 9.17) is 28.0 Å². The van der Waals surface area contributed by atoms with Crippen LogP contribution in [0.1, 0.15) is 38.5 Å². The van der Waals surface area contributed by atoms with Crippen LogP contribution in [0.3, 0.4) is 0 Å². The third-order valence-corrected chi connectivity index (χ3v) is 5.49. The van der Waals surface area contributed by atoms with Crippen molar-refractivity contribution >= 4 is 53.3 Å². The molecule has 13 N–H and O–H groups in total. The maximum atomic E-state index is 12.9. The maximum absolute atomic E-state index is 12.9. The normalized spacial score (nSPS) is 13.8. The number of hydrogen-bond acceptors (Lipinski definition) is 9. The third-order valence-electron chi connectivity index (χ3n) is 4.84. The van der Waals surface area contributed by atoms with Crippen molar-refractivity contribution in [3.8, 4) is 0 Å². The predicted octanol–water partition coefficient (Wildman–Crippen LogP) is -3.60. The van der Waals surface area contributed by atoms with E-state index in [1.165, 1.54) is 11.8 Å². The van der Waals surface area contributed by atoms with Crippen molar-refractivity contribution in [2.24, 2.45) is 27.9 Å². The summed E-state index contributed by atoms with van der Waals surface area (Å²) in [6, 6.07) is -5.25. The standard InChI is InChI=1S/C20H36N8O8S/c1-37-8-6-12(18(34)28-13(19(35)36)3-2-7-25-20(23)24)27-17(33)11(4-5-15(30)31)26-16(32)10(21)9-14(22)29/h10-13H,2-9,21H2,1H3,(H2,22,29)(H,26,32)(H,27,33)(H,28,34)(H,30,31)(H,35,36)(H4,23,24,25). The Kier molecular flexibility index (Phi) is 16.0. The zero-order valence-corrected chi connectivity index (χ0v) is 21.3. The van der Waals surface area contributed by atoms with Gasteiger partial charge in [-0.15, -0.1) is 0 Å². The van der Waals surface area contributed by atoms with Gasteiger partial charge in [0.05, 0.1) is 12.5 Å². The summed E-state index contributed by atoms with van der Waals surface area (Å²) in [5.41, 5.74) is 21.1. The van der Waals surface area contributed by atoms with E-state index >= 15 is 0 Å². The van der Waals surface area contributed by atoms with Crippen LogP contribution in [0.15, 0.2) is 4.99 Å². The summed E-state index contributed by atoms with van der Waals surface area (Å²) in [7, 11) is 0. The number of carbonyl (C=O) groups excluding carboxylic acids is 4. The van der Waals surface area contributed by atoms with Crippen molar-refractivity contribution in [3.05, 3.63) is 0 Å². The minimum absolute atomic E-state index is 0.0100. The molecule has 0 bridgehead atoms. The first-order chi connectivity index (χ1) is 17.3. The molecule has 0 radical (unpaired) electrons. The van der Waals surface area contributed by atoms with Crippen molar-refractivity contribution in [1.29, 1.82) is 0 Å². The first kappa shape index (κ1) is 33.4. The van der Waals surface area contributed by atoms with Gasteiger partial charge in [0, 0.05) is 13.0 Å². The highest BCUT2D eigenvalue weighted by atomic mass is 32.2. The molecule has 0 spiro atoms. The second-order valence-electron chi connectivity index (χ2n) is 7.96. The smallest absolute Gasteiger partial charge is 0.326 e. The highest BCUT2D eigenvalue weighted by Gasteiger charge is 2.30. The number of rotatable bonds is 19. The fourth-order valence-corrected chi connectivity index (χ4v) is 3.41. The van der Waals surface area contributed by atoms with E-state index in [0.29, 0.717) is 5.75 Å². The lowest BCUT2D eigenvalue weighted by Gasteiger charge is -2.25. The van der Waals surface area contributed by atoms with E-state index in [9.17, 15) is 33.9 Å². The number of hydrogen-bond donors (Lipinski definition) is 9. The van der Waals surface area contributed by atoms with Crippen molar-refractivity contribution in [2.75, 3.05) is 18.6 Å². The molecule has 4 amide bonds. The van der Waals surface area contributed by atoms with Gasteiger partial charge in [-0.25, -0.2) is 4.79 Å². The number of nitrogens with zero attached hydrogens (tertiary/aromatic N) is 1. The van der Waals surface area contributed by atoms with E-state index in [-0.39, 0.29) is 38.2 Å². The summed E-state index contributed by atoms with van der Waals surface area (Å²) in [6.07, 6.45) is 0.799. The molecule has 0 aromatic rings. The van der Waals surface area contributed by atoms with Crippen LogP contribution >= 0.6 is 11.8 Å². The number of thioether (sulfide) groups is 1. The monoisotopic (exact) mass is 548 g/mol. The number of aliphatic carboxylic acids is 2. The summed E-state index contributed by atoms with van der Waals surface area (Å²) in [6.45, 7) is 0.150. The fraction of sp³-hybridized carbons (Fsp3) is 0.650. The molecule has 0 aliphatic carbocycles. The van der Waals surface area contributed by atoms with Crippen LogP contribution in [0.25, 0.3) is 0 Å². The number of carboxylic acids is 2. The molecule has 4 atom stereocenters. The molecule has 0 rings (SSSR count). The SMILES string of the molecule is CSCCC(NC(=O)C(CCC(=O)O)NC(=O)C(N)CC(N)=O)C(=O)NC(CCCN=C(N)N)C(=O)O. The van der Waals surface area contributed by atoms with Gasteiger partial charge in [-0.3, -0.25) is 29.0 Å². The van der Waals surface area contributed by atoms with Crippen LogP contribution in [0.2, 0.25) is 0 Å². The first-order valence-corrected chi connectivity index (χ1v) is 12.6. The van der Waals surface area contributed by atoms with Gasteiger partial charge in [0.25, 0.3) is 0 Å². The molecule has 0 saturated carbocycles. The summed E-state index contributed by atoms with van der Waals surface area (Å²) < 4.78 is 0. The molecule has 0 heterocycles. The summed E-state index contributed by atoms with van der Waals surface area (Å²) in [4.78, 5) is 75.4. The van der Waals surface area contributed by atoms with Crippen molar-refractivity contribution < 1.29 is 39.0 Å². The average Bonchev–Trinajstić information content (AvgIpc) is 2.79. The largest absolute Gasteiger partial charge is 0.481 e. The highest BCUT2D eigenvalue weighted by molar-refractivity contribution is 7.98. The zero-order valence-electron chi connectivity index (χ0n) is 20.5. The second kappa shape index (κ2) is 17.8. The van der Waals surface area contributed by atoms with Crippen LogP contribution in [0.5, 0.6) is 0 Å². The van der Waals surface area contributed by atoms with E-state index in [2.05, 4.69) is 20.9 Å². The number of amides is 4. The number of nitrogens with two attached hydrogens (primary N) is 4. The Balaban J connectivity index is 5.51. The van der Waals surface area contributed by atoms with Crippen molar-refractivity contribution in [1.82, 2.24) is 16.0 Å². The van der Waals surface area contributed by atoms with Gasteiger partial charge < -0.3 is 49.1 Å². The Morgan fingerprint density at radius 1 is 0.838 bits per heavy atom. The molecule has 37 heavy (non-hydrogen) atoms. The highest BCUT2D eigenvalue weighted by Crippen LogP contribution is 2.07. The van der Waals surface area contributed by atoms with E-state index in [0.717, 1.165) is 0 Å². The van der Waals surface area contributed by atoms with Gasteiger partial charge in [-0.1, -0.05) is 0 Å². The molecular weight excluding hydrogens is 512 g/mol. The van der Waals surface area contributed by atoms with Crippen LogP contribution < -0.4 is 38.9 Å². The number of guanidine groups is 1. The number of aliphatic imine (C=N–C) groups is 1. The van der Waals surface area contributed by atoms with Crippen LogP contribution in [-0.2, 0) is 28.8 Å². The quantitative estimate of drug-likeness (QED) is 0.0429. The Morgan fingerprint density at radius 3 is 1.86 bits per heavy atom. The fourth-order valence-electron chi connectivity index (χ4n) is 2.93. The summed E-state index contributed by atoms with van der Waals surface area (Å²) in [5.74, 6) is -5.73. The van der Waals surface area contributed by atoms with Crippen LogP contribution in [-0.4, -0.2) is 94.5 Å². The molecule has 16 nitrogen and oxygen atoms in total. The molecule has 0 fully saturated rings. The van der Waals surface area contributed by atoms with Gasteiger partial charge in [0.15, 0.2) is 5.96 Å².